The van der Waals surface area contributed by atoms with Gasteiger partial charge >= 0.3 is 0 Å². The molecule has 0 fully saturated rings. The summed E-state index contributed by atoms with van der Waals surface area (Å²) in [7, 11) is 0. The van der Waals surface area contributed by atoms with Crippen LogP contribution >= 0.6 is 0 Å². The smallest absolute Gasteiger partial charge is 0.294 e. The molecule has 1 heterocycles. The Labute approximate surface area is 169 Å². The molecule has 0 aliphatic carbocycles. The minimum Gasteiger partial charge on any atom is -0.503 e. The van der Waals surface area contributed by atoms with E-state index in [9.17, 15) is 19.5 Å². The lowest BCUT2D eigenvalue weighted by Crippen LogP contribution is -2.32. The van der Waals surface area contributed by atoms with E-state index in [1.807, 2.05) is 30.3 Å². The summed E-state index contributed by atoms with van der Waals surface area (Å²) in [5, 5.41) is 13.3. The quantitative estimate of drug-likeness (QED) is 0.818. The largest absolute Gasteiger partial charge is 0.503 e. The summed E-state index contributed by atoms with van der Waals surface area (Å²) >= 11 is 0. The molecule has 1 aliphatic heterocycles. The number of hydrogen-bond acceptors (Lipinski definition) is 4. The number of nitrogens with zero attached hydrogens (tertiary/aromatic N) is 1. The van der Waals surface area contributed by atoms with E-state index in [0.29, 0.717) is 11.4 Å². The predicted molar refractivity (Wildman–Crippen MR) is 112 cm³/mol. The van der Waals surface area contributed by atoms with Crippen LogP contribution in [0.25, 0.3) is 0 Å². The molecule has 0 spiro atoms. The van der Waals surface area contributed by atoms with Gasteiger partial charge in [0.15, 0.2) is 11.5 Å². The van der Waals surface area contributed by atoms with Crippen molar-refractivity contribution in [1.82, 2.24) is 0 Å². The zero-order valence-electron chi connectivity index (χ0n) is 16.9. The van der Waals surface area contributed by atoms with Crippen LogP contribution in [0.3, 0.4) is 0 Å². The molecule has 0 radical (unpaired) electrons. The van der Waals surface area contributed by atoms with E-state index in [1.165, 1.54) is 11.8 Å². The Morgan fingerprint density at radius 2 is 1.59 bits per heavy atom. The molecule has 2 aromatic rings. The van der Waals surface area contributed by atoms with Crippen LogP contribution in [-0.4, -0.2) is 22.7 Å². The first kappa shape index (κ1) is 20.3. The normalized spacial score (nSPS) is 16.9. The lowest BCUT2D eigenvalue weighted by molar-refractivity contribution is -0.123. The number of aliphatic hydroxyl groups excluding tert-OH is 1. The Kier molecular flexibility index (Phi) is 5.29. The zero-order valence-corrected chi connectivity index (χ0v) is 16.9. The summed E-state index contributed by atoms with van der Waals surface area (Å²) in [6, 6.07) is 15.1. The van der Waals surface area contributed by atoms with Crippen molar-refractivity contribution in [1.29, 1.82) is 0 Å². The Morgan fingerprint density at radius 1 is 1.00 bits per heavy atom. The van der Waals surface area contributed by atoms with E-state index >= 15 is 0 Å². The number of rotatable bonds is 4. The third kappa shape index (κ3) is 3.92. The number of Topliss-reactive ketones (excluding diaryl/α,β-unsaturated/α-hetero) is 1. The maximum absolute atomic E-state index is 13.1. The molecule has 29 heavy (non-hydrogen) atoms. The summed E-state index contributed by atoms with van der Waals surface area (Å²) in [4.78, 5) is 38.8. The molecule has 150 valence electrons. The van der Waals surface area contributed by atoms with Crippen molar-refractivity contribution >= 4 is 29.0 Å². The molecule has 6 heteroatoms. The predicted octanol–water partition coefficient (Wildman–Crippen LogP) is 4.16. The zero-order chi connectivity index (χ0) is 21.3. The number of ketones is 1. The van der Waals surface area contributed by atoms with E-state index < -0.39 is 23.1 Å². The first-order chi connectivity index (χ1) is 13.6. The molecule has 1 aliphatic rings. The maximum atomic E-state index is 13.1. The molecule has 2 amide bonds. The molecule has 6 nitrogen and oxygen atoms in total. The molecule has 1 atom stereocenters. The fraction of sp³-hybridized carbons (Fsp3) is 0.261. The summed E-state index contributed by atoms with van der Waals surface area (Å²) < 4.78 is 0. The van der Waals surface area contributed by atoms with Gasteiger partial charge in [-0.1, -0.05) is 51.1 Å². The van der Waals surface area contributed by atoms with Gasteiger partial charge in [0, 0.05) is 23.7 Å². The molecule has 2 aromatic carbocycles. The van der Waals surface area contributed by atoms with Gasteiger partial charge in [-0.2, -0.15) is 0 Å². The van der Waals surface area contributed by atoms with Crippen molar-refractivity contribution in [2.24, 2.45) is 5.41 Å². The van der Waals surface area contributed by atoms with E-state index in [0.717, 1.165) is 5.56 Å². The van der Waals surface area contributed by atoms with E-state index in [-0.39, 0.29) is 17.3 Å². The van der Waals surface area contributed by atoms with E-state index in [1.54, 1.807) is 45.0 Å². The fourth-order valence-corrected chi connectivity index (χ4v) is 3.37. The highest BCUT2D eigenvalue weighted by Gasteiger charge is 2.46. The standard InChI is InChI=1S/C23H24N2O4/c1-14(26)24-16-10-12-17(13-11-16)25-19(15-8-6-5-7-9-15)18(20(27)22(25)29)21(28)23(2,3)4/h5-13,19,27H,1-4H3,(H,24,26). The highest BCUT2D eigenvalue weighted by Crippen LogP contribution is 2.43. The Morgan fingerprint density at radius 3 is 2.10 bits per heavy atom. The number of amides is 2. The van der Waals surface area contributed by atoms with Crippen molar-refractivity contribution in [3.05, 3.63) is 71.5 Å². The lowest BCUT2D eigenvalue weighted by Gasteiger charge is -2.29. The molecule has 0 saturated carbocycles. The average Bonchev–Trinajstić information content (AvgIpc) is 2.92. The lowest BCUT2D eigenvalue weighted by atomic mass is 9.82. The molecule has 3 rings (SSSR count). The average molecular weight is 392 g/mol. The minimum absolute atomic E-state index is 0.0969. The summed E-state index contributed by atoms with van der Waals surface area (Å²) in [5.74, 6) is -1.63. The highest BCUT2D eigenvalue weighted by atomic mass is 16.3. The number of aliphatic hydroxyl groups is 1. The van der Waals surface area contributed by atoms with Crippen molar-refractivity contribution in [2.45, 2.75) is 33.7 Å². The van der Waals surface area contributed by atoms with Gasteiger partial charge in [0.25, 0.3) is 5.91 Å². The number of carbonyl (C=O) groups excluding carboxylic acids is 3. The van der Waals surface area contributed by atoms with Crippen molar-refractivity contribution in [2.75, 3.05) is 10.2 Å². The number of carbonyl (C=O) groups is 3. The van der Waals surface area contributed by atoms with Crippen LogP contribution < -0.4 is 10.2 Å². The van der Waals surface area contributed by atoms with E-state index in [2.05, 4.69) is 5.32 Å². The van der Waals surface area contributed by atoms with Crippen LogP contribution in [0.15, 0.2) is 65.9 Å². The van der Waals surface area contributed by atoms with Gasteiger partial charge < -0.3 is 10.4 Å². The van der Waals surface area contributed by atoms with Gasteiger partial charge in [-0.15, -0.1) is 0 Å². The molecule has 2 N–H and O–H groups in total. The highest BCUT2D eigenvalue weighted by molar-refractivity contribution is 6.17. The molecule has 0 saturated heterocycles. The summed E-state index contributed by atoms with van der Waals surface area (Å²) in [6.07, 6.45) is 0. The van der Waals surface area contributed by atoms with Crippen LogP contribution in [0.4, 0.5) is 11.4 Å². The van der Waals surface area contributed by atoms with Gasteiger partial charge in [-0.25, -0.2) is 0 Å². The van der Waals surface area contributed by atoms with Crippen LogP contribution in [0.2, 0.25) is 0 Å². The molecule has 0 aromatic heterocycles. The third-order valence-electron chi connectivity index (χ3n) is 4.72. The molecular formula is C23H24N2O4. The topological polar surface area (TPSA) is 86.7 Å². The van der Waals surface area contributed by atoms with Gasteiger partial charge in [0.2, 0.25) is 5.91 Å². The third-order valence-corrected chi connectivity index (χ3v) is 4.72. The fourth-order valence-electron chi connectivity index (χ4n) is 3.37. The Hall–Kier alpha value is -3.41. The summed E-state index contributed by atoms with van der Waals surface area (Å²) in [6.45, 7) is 6.68. The van der Waals surface area contributed by atoms with Crippen LogP contribution in [0.5, 0.6) is 0 Å². The molecule has 0 bridgehead atoms. The van der Waals surface area contributed by atoms with Crippen molar-refractivity contribution in [3.8, 4) is 0 Å². The second-order valence-electron chi connectivity index (χ2n) is 8.06. The van der Waals surface area contributed by atoms with Gasteiger partial charge in [-0.05, 0) is 29.8 Å². The number of anilines is 2. The number of hydrogen-bond donors (Lipinski definition) is 2. The second kappa shape index (κ2) is 7.54. The monoisotopic (exact) mass is 392 g/mol. The first-order valence-electron chi connectivity index (χ1n) is 9.35. The number of benzene rings is 2. The van der Waals surface area contributed by atoms with Gasteiger partial charge in [0.1, 0.15) is 0 Å². The van der Waals surface area contributed by atoms with E-state index in [4.69, 9.17) is 0 Å². The summed E-state index contributed by atoms with van der Waals surface area (Å²) in [5.41, 5.74) is 1.17. The minimum atomic E-state index is -0.762. The molecule has 1 unspecified atom stereocenters. The van der Waals surface area contributed by atoms with Crippen LogP contribution in [0, 0.1) is 5.41 Å². The van der Waals surface area contributed by atoms with Crippen molar-refractivity contribution < 1.29 is 19.5 Å². The maximum Gasteiger partial charge on any atom is 0.294 e. The van der Waals surface area contributed by atoms with Crippen LogP contribution in [-0.2, 0) is 14.4 Å². The van der Waals surface area contributed by atoms with Gasteiger partial charge in [0.05, 0.1) is 11.6 Å². The Bertz CT molecular complexity index is 986. The SMILES string of the molecule is CC(=O)Nc1ccc(N2C(=O)C(O)=C(C(=O)C(C)(C)C)C2c2ccccc2)cc1. The van der Waals surface area contributed by atoms with Gasteiger partial charge in [-0.3, -0.25) is 19.3 Å². The first-order valence-corrected chi connectivity index (χ1v) is 9.35. The second-order valence-corrected chi connectivity index (χ2v) is 8.06. The van der Waals surface area contributed by atoms with Crippen molar-refractivity contribution in [3.63, 3.8) is 0 Å². The Balaban J connectivity index is 2.10. The van der Waals surface area contributed by atoms with Crippen LogP contribution in [0.1, 0.15) is 39.3 Å². The number of nitrogens with one attached hydrogen (secondary N) is 1. The molecular weight excluding hydrogens is 368 g/mol.